The number of nitrogens with one attached hydrogen (secondary N) is 2. The van der Waals surface area contributed by atoms with Gasteiger partial charge in [-0.3, -0.25) is 30.4 Å². The highest BCUT2D eigenvalue weighted by molar-refractivity contribution is 5.97. The van der Waals surface area contributed by atoms with Gasteiger partial charge in [0.1, 0.15) is 5.69 Å². The molecule has 90 valence electrons. The molecule has 2 rings (SSSR count). The minimum Gasteiger partial charge on any atom is -0.267 e. The van der Waals surface area contributed by atoms with E-state index in [1.807, 2.05) is 0 Å². The van der Waals surface area contributed by atoms with Gasteiger partial charge in [0, 0.05) is 18.6 Å². The van der Waals surface area contributed by atoms with Crippen LogP contribution in [0.5, 0.6) is 0 Å². The molecule has 0 saturated carbocycles. The summed E-state index contributed by atoms with van der Waals surface area (Å²) in [5.41, 5.74) is 5.13. The Bertz CT molecular complexity index is 491. The average molecular weight is 242 g/mol. The standard InChI is InChI=1S/C12H10N4O2/c17-11(9-4-3-6-13-8-9)15-16-12(18)10-5-1-2-7-14-10/h1-8H,(H,15,17)(H,16,18). The lowest BCUT2D eigenvalue weighted by Gasteiger charge is -2.06. The molecule has 2 heterocycles. The summed E-state index contributed by atoms with van der Waals surface area (Å²) >= 11 is 0. The maximum absolute atomic E-state index is 11.6. The molecule has 0 aliphatic rings. The van der Waals surface area contributed by atoms with E-state index < -0.39 is 11.8 Å². The number of rotatable bonds is 2. The first-order valence-corrected chi connectivity index (χ1v) is 5.19. The van der Waals surface area contributed by atoms with E-state index in [9.17, 15) is 9.59 Å². The van der Waals surface area contributed by atoms with Crippen molar-refractivity contribution in [2.45, 2.75) is 0 Å². The van der Waals surface area contributed by atoms with Crippen molar-refractivity contribution >= 4 is 11.8 Å². The van der Waals surface area contributed by atoms with Crippen LogP contribution in [0.15, 0.2) is 48.9 Å². The number of amides is 2. The summed E-state index contributed by atoms with van der Waals surface area (Å²) in [6, 6.07) is 8.16. The van der Waals surface area contributed by atoms with Gasteiger partial charge < -0.3 is 0 Å². The van der Waals surface area contributed by atoms with E-state index in [0.29, 0.717) is 5.56 Å². The van der Waals surface area contributed by atoms with Crippen LogP contribution in [0, 0.1) is 0 Å². The average Bonchev–Trinajstić information content (AvgIpc) is 2.46. The predicted molar refractivity (Wildman–Crippen MR) is 63.4 cm³/mol. The van der Waals surface area contributed by atoms with E-state index in [-0.39, 0.29) is 5.69 Å². The topological polar surface area (TPSA) is 84.0 Å². The molecule has 0 unspecified atom stereocenters. The predicted octanol–water partition coefficient (Wildman–Crippen LogP) is 0.551. The SMILES string of the molecule is O=C(NNC(=O)c1ccccn1)c1cccnc1. The Morgan fingerprint density at radius 2 is 1.78 bits per heavy atom. The third-order valence-corrected chi connectivity index (χ3v) is 2.11. The monoisotopic (exact) mass is 242 g/mol. The highest BCUT2D eigenvalue weighted by Gasteiger charge is 2.09. The van der Waals surface area contributed by atoms with Crippen molar-refractivity contribution in [1.82, 2.24) is 20.8 Å². The molecule has 0 radical (unpaired) electrons. The Morgan fingerprint density at radius 3 is 2.44 bits per heavy atom. The number of aromatic nitrogens is 2. The van der Waals surface area contributed by atoms with Crippen LogP contribution in [0.4, 0.5) is 0 Å². The van der Waals surface area contributed by atoms with E-state index in [1.54, 1.807) is 36.5 Å². The Balaban J connectivity index is 1.93. The Morgan fingerprint density at radius 1 is 0.944 bits per heavy atom. The molecule has 0 saturated heterocycles. The zero-order valence-corrected chi connectivity index (χ0v) is 9.33. The lowest BCUT2D eigenvalue weighted by molar-refractivity contribution is 0.0843. The number of hydrogen-bond donors (Lipinski definition) is 2. The Hall–Kier alpha value is -2.76. The summed E-state index contributed by atoms with van der Waals surface area (Å²) in [6.45, 7) is 0. The fourth-order valence-corrected chi connectivity index (χ4v) is 1.24. The fraction of sp³-hybridized carbons (Fsp3) is 0. The van der Waals surface area contributed by atoms with Gasteiger partial charge in [0.05, 0.1) is 5.56 Å². The first-order chi connectivity index (χ1) is 8.77. The number of pyridine rings is 2. The molecular formula is C12H10N4O2. The van der Waals surface area contributed by atoms with Crippen molar-refractivity contribution in [3.63, 3.8) is 0 Å². The van der Waals surface area contributed by atoms with Crippen LogP contribution in [0.2, 0.25) is 0 Å². The summed E-state index contributed by atoms with van der Waals surface area (Å²) in [5, 5.41) is 0. The number of carbonyl (C=O) groups excluding carboxylic acids is 2. The lowest BCUT2D eigenvalue weighted by atomic mass is 10.3. The molecule has 2 aromatic heterocycles. The van der Waals surface area contributed by atoms with E-state index in [0.717, 1.165) is 0 Å². The summed E-state index contributed by atoms with van der Waals surface area (Å²) in [7, 11) is 0. The number of carbonyl (C=O) groups is 2. The van der Waals surface area contributed by atoms with Gasteiger partial charge in [0.2, 0.25) is 0 Å². The van der Waals surface area contributed by atoms with Crippen LogP contribution in [-0.2, 0) is 0 Å². The van der Waals surface area contributed by atoms with Gasteiger partial charge in [0.15, 0.2) is 0 Å². The Labute approximate surface area is 103 Å². The minimum atomic E-state index is -0.479. The number of hydrogen-bond acceptors (Lipinski definition) is 4. The quantitative estimate of drug-likeness (QED) is 0.753. The van der Waals surface area contributed by atoms with Crippen LogP contribution in [0.25, 0.3) is 0 Å². The van der Waals surface area contributed by atoms with Crippen LogP contribution >= 0.6 is 0 Å². The molecule has 0 atom stereocenters. The molecule has 2 amide bonds. The van der Waals surface area contributed by atoms with Crippen molar-refractivity contribution in [3.8, 4) is 0 Å². The maximum atomic E-state index is 11.6. The first kappa shape index (κ1) is 11.7. The summed E-state index contributed by atoms with van der Waals surface area (Å²) in [5.74, 6) is -0.916. The zero-order chi connectivity index (χ0) is 12.8. The molecule has 0 fully saturated rings. The molecule has 2 N–H and O–H groups in total. The highest BCUT2D eigenvalue weighted by atomic mass is 16.2. The molecule has 0 bridgehead atoms. The van der Waals surface area contributed by atoms with E-state index in [1.165, 1.54) is 12.4 Å². The molecule has 18 heavy (non-hydrogen) atoms. The van der Waals surface area contributed by atoms with Gasteiger partial charge in [-0.1, -0.05) is 6.07 Å². The zero-order valence-electron chi connectivity index (χ0n) is 9.33. The molecule has 0 spiro atoms. The van der Waals surface area contributed by atoms with Crippen molar-refractivity contribution in [3.05, 3.63) is 60.2 Å². The maximum Gasteiger partial charge on any atom is 0.288 e. The van der Waals surface area contributed by atoms with E-state index >= 15 is 0 Å². The van der Waals surface area contributed by atoms with E-state index in [2.05, 4.69) is 20.8 Å². The normalized spacial score (nSPS) is 9.56. The molecule has 0 aromatic carbocycles. The smallest absolute Gasteiger partial charge is 0.267 e. The van der Waals surface area contributed by atoms with E-state index in [4.69, 9.17) is 0 Å². The third kappa shape index (κ3) is 2.88. The Kier molecular flexibility index (Phi) is 3.60. The summed E-state index contributed by atoms with van der Waals surface area (Å²) in [6.07, 6.45) is 4.46. The van der Waals surface area contributed by atoms with Crippen molar-refractivity contribution in [2.24, 2.45) is 0 Å². The van der Waals surface area contributed by atoms with Gasteiger partial charge >= 0.3 is 0 Å². The van der Waals surface area contributed by atoms with Crippen LogP contribution in [-0.4, -0.2) is 21.8 Å². The van der Waals surface area contributed by atoms with Gasteiger partial charge in [-0.2, -0.15) is 0 Å². The second-order valence-corrected chi connectivity index (χ2v) is 3.36. The third-order valence-electron chi connectivity index (χ3n) is 2.11. The molecule has 0 aliphatic carbocycles. The summed E-state index contributed by atoms with van der Waals surface area (Å²) in [4.78, 5) is 30.8. The lowest BCUT2D eigenvalue weighted by Crippen LogP contribution is -2.41. The molecule has 6 heteroatoms. The molecule has 2 aromatic rings. The van der Waals surface area contributed by atoms with Gasteiger partial charge in [-0.05, 0) is 24.3 Å². The van der Waals surface area contributed by atoms with Gasteiger partial charge in [-0.15, -0.1) is 0 Å². The van der Waals surface area contributed by atoms with Crippen molar-refractivity contribution in [1.29, 1.82) is 0 Å². The second kappa shape index (κ2) is 5.53. The minimum absolute atomic E-state index is 0.226. The van der Waals surface area contributed by atoms with Gasteiger partial charge in [0.25, 0.3) is 11.8 Å². The molecule has 0 aliphatic heterocycles. The van der Waals surface area contributed by atoms with Crippen molar-refractivity contribution < 1.29 is 9.59 Å². The largest absolute Gasteiger partial charge is 0.288 e. The number of hydrazine groups is 1. The van der Waals surface area contributed by atoms with Crippen LogP contribution in [0.1, 0.15) is 20.8 Å². The van der Waals surface area contributed by atoms with Crippen LogP contribution in [0.3, 0.4) is 0 Å². The first-order valence-electron chi connectivity index (χ1n) is 5.19. The molecular weight excluding hydrogens is 232 g/mol. The highest BCUT2D eigenvalue weighted by Crippen LogP contribution is 1.95. The summed E-state index contributed by atoms with van der Waals surface area (Å²) < 4.78 is 0. The van der Waals surface area contributed by atoms with Crippen LogP contribution < -0.4 is 10.9 Å². The van der Waals surface area contributed by atoms with Crippen molar-refractivity contribution in [2.75, 3.05) is 0 Å². The number of nitrogens with zero attached hydrogens (tertiary/aromatic N) is 2. The fourth-order valence-electron chi connectivity index (χ4n) is 1.24. The second-order valence-electron chi connectivity index (χ2n) is 3.36. The molecule has 6 nitrogen and oxygen atoms in total. The van der Waals surface area contributed by atoms with Gasteiger partial charge in [-0.25, -0.2) is 0 Å².